The fourth-order valence-electron chi connectivity index (χ4n) is 10.7. The predicted molar refractivity (Wildman–Crippen MR) is 114 cm³/mol. The molecule has 0 unspecified atom stereocenters. The van der Waals surface area contributed by atoms with Crippen LogP contribution in [0.3, 0.4) is 0 Å². The van der Waals surface area contributed by atoms with Crippen LogP contribution in [0.1, 0.15) is 39.5 Å². The molecule has 8 nitrogen and oxygen atoms in total. The highest BCUT2D eigenvalue weighted by molar-refractivity contribution is 5.45. The maximum Gasteiger partial charge on any atom is 0.136 e. The minimum atomic E-state index is -1.75. The van der Waals surface area contributed by atoms with Crippen molar-refractivity contribution in [1.29, 1.82) is 0 Å². The third-order valence-corrected chi connectivity index (χ3v) is 11.3. The lowest BCUT2D eigenvalue weighted by Gasteiger charge is -2.72. The van der Waals surface area contributed by atoms with Gasteiger partial charge in [0, 0.05) is 52.0 Å². The third kappa shape index (κ3) is 1.86. The molecule has 0 amide bonds. The number of ether oxygens (including phenoxy) is 3. The molecule has 1 saturated heterocycles. The molecule has 6 rings (SSSR count). The van der Waals surface area contributed by atoms with E-state index in [0.717, 1.165) is 19.4 Å². The molecule has 182 valence electrons. The molecule has 5 saturated carbocycles. The molecule has 1 heterocycles. The van der Waals surface area contributed by atoms with E-state index in [0.29, 0.717) is 13.0 Å². The Labute approximate surface area is 189 Å². The average Bonchev–Trinajstić information content (AvgIpc) is 3.09. The van der Waals surface area contributed by atoms with Gasteiger partial charge in [0.2, 0.25) is 0 Å². The van der Waals surface area contributed by atoms with Gasteiger partial charge in [-0.2, -0.15) is 0 Å². The maximum atomic E-state index is 12.8. The van der Waals surface area contributed by atoms with Gasteiger partial charge in [-0.15, -0.1) is 0 Å². The quantitative estimate of drug-likeness (QED) is 0.462. The molecule has 7 bridgehead atoms. The Balaban J connectivity index is 1.73. The Bertz CT molecular complexity index is 828. The molecule has 6 aliphatic rings. The monoisotopic (exact) mass is 453 g/mol. The van der Waals surface area contributed by atoms with Crippen LogP contribution in [0.25, 0.3) is 0 Å². The number of likely N-dealkylation sites (N-methyl/N-ethyl adjacent to an activating group) is 1. The number of fused-ring (bicyclic) bond motifs is 2. The van der Waals surface area contributed by atoms with Crippen molar-refractivity contribution in [1.82, 2.24) is 4.90 Å². The molecule has 1 spiro atoms. The van der Waals surface area contributed by atoms with Crippen LogP contribution in [0.15, 0.2) is 0 Å². The topological polar surface area (TPSA) is 112 Å². The second-order valence-corrected chi connectivity index (χ2v) is 11.9. The maximum absolute atomic E-state index is 12.8. The van der Waals surface area contributed by atoms with Crippen molar-refractivity contribution in [3.05, 3.63) is 0 Å². The molecule has 1 aliphatic heterocycles. The van der Waals surface area contributed by atoms with Crippen LogP contribution in [0, 0.1) is 28.6 Å². The lowest BCUT2D eigenvalue weighted by molar-refractivity contribution is -0.355. The first-order valence-electron chi connectivity index (χ1n) is 12.2. The molecule has 0 radical (unpaired) electrons. The fourth-order valence-corrected chi connectivity index (χ4v) is 10.7. The summed E-state index contributed by atoms with van der Waals surface area (Å²) < 4.78 is 18.0. The zero-order chi connectivity index (χ0) is 23.1. The van der Waals surface area contributed by atoms with Crippen LogP contribution in [-0.2, 0) is 14.2 Å². The number of aliphatic hydroxyl groups excluding tert-OH is 1. The van der Waals surface area contributed by atoms with Crippen LogP contribution >= 0.6 is 0 Å². The normalized spacial score (nSPS) is 64.8. The number of piperidine rings is 1. The molecule has 32 heavy (non-hydrogen) atoms. The van der Waals surface area contributed by atoms with E-state index in [9.17, 15) is 20.4 Å². The molecule has 5 aliphatic carbocycles. The summed E-state index contributed by atoms with van der Waals surface area (Å²) in [7, 11) is 4.87. The second-order valence-electron chi connectivity index (χ2n) is 11.9. The molecular weight excluding hydrogens is 414 g/mol. The number of rotatable bonds is 4. The summed E-state index contributed by atoms with van der Waals surface area (Å²) in [5, 5.41) is 49.6. The van der Waals surface area contributed by atoms with Crippen LogP contribution < -0.4 is 0 Å². The SMILES string of the molecule is CCN1C[C@]2(C)CC[C@H](OC)[C@@]34[C@@H]2[C@H](OC)[C@@](O)([C@@H]13)[C@@]1(O)C[C@@H](OC)[C@H]2C[C@]4(O)[C@@H]1[C@H]2O. The van der Waals surface area contributed by atoms with Crippen molar-refractivity contribution in [3.63, 3.8) is 0 Å². The summed E-state index contributed by atoms with van der Waals surface area (Å²) in [6.45, 7) is 5.77. The minimum absolute atomic E-state index is 0.166. The summed E-state index contributed by atoms with van der Waals surface area (Å²) in [5.74, 6) is -1.38. The summed E-state index contributed by atoms with van der Waals surface area (Å²) in [6, 6.07) is -0.541. The second kappa shape index (κ2) is 6.26. The van der Waals surface area contributed by atoms with E-state index in [1.54, 1.807) is 21.3 Å². The van der Waals surface area contributed by atoms with Gasteiger partial charge >= 0.3 is 0 Å². The van der Waals surface area contributed by atoms with Gasteiger partial charge in [0.25, 0.3) is 0 Å². The molecule has 4 N–H and O–H groups in total. The standard InChI is InChI=1S/C24H39NO7/c1-6-25-11-20(2)8-7-14(31-4)23-17(20)18(32-5)24(29,19(23)25)22(28)10-13(30-3)12-9-21(23,27)16(22)15(12)26/h12-19,26-29H,6-11H2,1-5H3/t12-,13-,14+,15+,16+,17-,18+,19+,20+,21+,22-,23-,24-/m1/s1. The van der Waals surface area contributed by atoms with Crippen LogP contribution in [0.2, 0.25) is 0 Å². The van der Waals surface area contributed by atoms with E-state index in [1.807, 2.05) is 0 Å². The molecule has 13 atom stereocenters. The van der Waals surface area contributed by atoms with E-state index >= 15 is 0 Å². The lowest BCUT2D eigenvalue weighted by Crippen LogP contribution is -2.86. The number of aliphatic hydroxyl groups is 4. The highest BCUT2D eigenvalue weighted by Gasteiger charge is 2.95. The summed E-state index contributed by atoms with van der Waals surface area (Å²) in [4.78, 5) is 2.26. The van der Waals surface area contributed by atoms with Gasteiger partial charge in [-0.25, -0.2) is 0 Å². The van der Waals surface area contributed by atoms with Crippen LogP contribution in [0.5, 0.6) is 0 Å². The van der Waals surface area contributed by atoms with Gasteiger partial charge in [0.15, 0.2) is 0 Å². The average molecular weight is 454 g/mol. The third-order valence-electron chi connectivity index (χ3n) is 11.3. The summed E-state index contributed by atoms with van der Waals surface area (Å²) in [6.07, 6.45) is -0.268. The predicted octanol–water partition coefficient (Wildman–Crippen LogP) is -0.241. The number of methoxy groups -OCH3 is 3. The van der Waals surface area contributed by atoms with Gasteiger partial charge in [0.05, 0.1) is 41.5 Å². The molecule has 0 aromatic carbocycles. The minimum Gasteiger partial charge on any atom is -0.392 e. The summed E-state index contributed by atoms with van der Waals surface area (Å²) in [5.41, 5.74) is -5.93. The van der Waals surface area contributed by atoms with Crippen molar-refractivity contribution in [2.24, 2.45) is 28.6 Å². The molecular formula is C24H39NO7. The van der Waals surface area contributed by atoms with E-state index in [2.05, 4.69) is 18.7 Å². The zero-order valence-corrected chi connectivity index (χ0v) is 19.8. The first-order chi connectivity index (χ1) is 15.1. The zero-order valence-electron chi connectivity index (χ0n) is 19.8. The van der Waals surface area contributed by atoms with E-state index < -0.39 is 52.5 Å². The van der Waals surface area contributed by atoms with E-state index in [4.69, 9.17) is 14.2 Å². The number of hydrogen-bond donors (Lipinski definition) is 4. The first-order valence-corrected chi connectivity index (χ1v) is 12.2. The van der Waals surface area contributed by atoms with Crippen molar-refractivity contribution in [2.45, 2.75) is 86.8 Å². The van der Waals surface area contributed by atoms with Crippen LogP contribution in [-0.4, -0.2) is 107 Å². The van der Waals surface area contributed by atoms with Crippen molar-refractivity contribution >= 4 is 0 Å². The highest BCUT2D eigenvalue weighted by atomic mass is 16.5. The molecule has 6 fully saturated rings. The van der Waals surface area contributed by atoms with Gasteiger partial charge in [0.1, 0.15) is 11.2 Å². The number of hydrogen-bond acceptors (Lipinski definition) is 8. The van der Waals surface area contributed by atoms with Gasteiger partial charge in [-0.3, -0.25) is 4.90 Å². The smallest absolute Gasteiger partial charge is 0.136 e. The Hall–Kier alpha value is -0.320. The highest BCUT2D eigenvalue weighted by Crippen LogP contribution is 2.81. The van der Waals surface area contributed by atoms with Crippen molar-refractivity contribution in [2.75, 3.05) is 34.4 Å². The summed E-state index contributed by atoms with van der Waals surface area (Å²) >= 11 is 0. The Kier molecular flexibility index (Phi) is 4.34. The van der Waals surface area contributed by atoms with E-state index in [-0.39, 0.29) is 29.8 Å². The first kappa shape index (κ1) is 22.2. The molecule has 8 heteroatoms. The van der Waals surface area contributed by atoms with Gasteiger partial charge < -0.3 is 34.6 Å². The van der Waals surface area contributed by atoms with Crippen molar-refractivity contribution in [3.8, 4) is 0 Å². The fraction of sp³-hybridized carbons (Fsp3) is 1.00. The van der Waals surface area contributed by atoms with E-state index in [1.165, 1.54) is 0 Å². The number of likely N-dealkylation sites (tertiary alicyclic amines) is 1. The Morgan fingerprint density at radius 2 is 1.69 bits per heavy atom. The van der Waals surface area contributed by atoms with Gasteiger partial charge in [-0.05, 0) is 31.2 Å². The Morgan fingerprint density at radius 1 is 0.969 bits per heavy atom. The largest absolute Gasteiger partial charge is 0.392 e. The Morgan fingerprint density at radius 3 is 2.28 bits per heavy atom. The number of nitrogens with zero attached hydrogens (tertiary/aromatic N) is 1. The van der Waals surface area contributed by atoms with Crippen LogP contribution in [0.4, 0.5) is 0 Å². The molecule has 0 aromatic rings. The molecule has 0 aromatic heterocycles. The van der Waals surface area contributed by atoms with Crippen molar-refractivity contribution < 1.29 is 34.6 Å². The lowest BCUT2D eigenvalue weighted by atomic mass is 9.41. The van der Waals surface area contributed by atoms with Gasteiger partial charge in [-0.1, -0.05) is 13.8 Å².